The summed E-state index contributed by atoms with van der Waals surface area (Å²) in [5.41, 5.74) is 2.20. The van der Waals surface area contributed by atoms with E-state index >= 15 is 0 Å². The van der Waals surface area contributed by atoms with E-state index in [1.54, 1.807) is 0 Å². The third-order valence-electron chi connectivity index (χ3n) is 10.8. The fourth-order valence-electron chi connectivity index (χ4n) is 7.70. The maximum absolute atomic E-state index is 14.9. The Morgan fingerprint density at radius 3 is 1.88 bits per heavy atom. The molecule has 1 aliphatic carbocycles. The summed E-state index contributed by atoms with van der Waals surface area (Å²) in [5, 5.41) is 0. The highest BCUT2D eigenvalue weighted by molar-refractivity contribution is 6.03. The molecule has 7 nitrogen and oxygen atoms in total. The molecule has 5 aromatic carbocycles. The number of halogens is 5. The van der Waals surface area contributed by atoms with Crippen molar-refractivity contribution in [2.24, 2.45) is 0 Å². The molecule has 0 unspecified atom stereocenters. The van der Waals surface area contributed by atoms with Gasteiger partial charge in [-0.3, -0.25) is 9.59 Å². The topological polar surface area (TPSA) is 76.2 Å². The van der Waals surface area contributed by atoms with Gasteiger partial charge in [0.15, 0.2) is 23.3 Å². The van der Waals surface area contributed by atoms with Crippen molar-refractivity contribution >= 4 is 23.5 Å². The first kappa shape index (κ1) is 40.2. The van der Waals surface area contributed by atoms with E-state index in [-0.39, 0.29) is 56.1 Å². The second-order valence-corrected chi connectivity index (χ2v) is 14.6. The average molecular weight is 797 g/mol. The number of anilines is 1. The van der Waals surface area contributed by atoms with E-state index in [0.29, 0.717) is 5.92 Å². The zero-order valence-corrected chi connectivity index (χ0v) is 31.6. The number of hydrogen-bond donors (Lipinski definition) is 0. The molecule has 0 spiro atoms. The SMILES string of the molecule is O=C(OCc1ccccc1)c1ccc(N(Cc2ccc(C3CCCCC3)cc2)C(=O)[C@H]2CCCN2C(=O)c2c(F)c(F)c(F)c(F)c2F)cc1OCc1ccccc1. The highest BCUT2D eigenvalue weighted by Gasteiger charge is 2.41. The number of ether oxygens (including phenoxy) is 2. The Labute approximate surface area is 333 Å². The minimum absolute atomic E-state index is 0.00437. The van der Waals surface area contributed by atoms with Gasteiger partial charge in [-0.15, -0.1) is 0 Å². The van der Waals surface area contributed by atoms with Gasteiger partial charge in [0, 0.05) is 18.3 Å². The Bertz CT molecular complexity index is 2240. The van der Waals surface area contributed by atoms with E-state index in [2.05, 4.69) is 0 Å². The summed E-state index contributed by atoms with van der Waals surface area (Å²) in [4.78, 5) is 44.1. The zero-order valence-electron chi connectivity index (χ0n) is 31.6. The molecule has 0 aromatic heterocycles. The van der Waals surface area contributed by atoms with Crippen molar-refractivity contribution in [2.75, 3.05) is 11.4 Å². The Hall–Kier alpha value is -6.04. The van der Waals surface area contributed by atoms with Gasteiger partial charge in [-0.25, -0.2) is 26.7 Å². The van der Waals surface area contributed by atoms with E-state index in [1.165, 1.54) is 35.1 Å². The van der Waals surface area contributed by atoms with Crippen LogP contribution in [-0.2, 0) is 29.3 Å². The molecule has 1 heterocycles. The lowest BCUT2D eigenvalue weighted by Gasteiger charge is -2.31. The van der Waals surface area contributed by atoms with Crippen molar-refractivity contribution in [1.82, 2.24) is 4.90 Å². The van der Waals surface area contributed by atoms with Crippen LogP contribution in [0.4, 0.5) is 27.6 Å². The molecule has 12 heteroatoms. The fourth-order valence-corrected chi connectivity index (χ4v) is 7.70. The van der Waals surface area contributed by atoms with E-state index in [4.69, 9.17) is 9.47 Å². The van der Waals surface area contributed by atoms with Crippen LogP contribution in [0.2, 0.25) is 0 Å². The molecule has 0 N–H and O–H groups in total. The van der Waals surface area contributed by atoms with Crippen molar-refractivity contribution < 1.29 is 45.8 Å². The second kappa shape index (κ2) is 18.0. The standard InChI is InChI=1S/C46H41F5N2O5/c47-39-38(40(48)42(50)43(51)41(39)49)45(55)52-24-10-17-36(52)44(54)53(26-29-18-20-33(21-19-29)32-15-8-3-9-16-32)34-22-23-35(46(56)58-28-31-13-6-2-7-14-31)37(25-34)57-27-30-11-4-1-5-12-30/h1-2,4-7,11-14,18-23,25,32,36H,3,8-10,15-17,24,26-28H2/t36-/m1/s1. The van der Waals surface area contributed by atoms with Gasteiger partial charge in [0.05, 0.1) is 6.54 Å². The van der Waals surface area contributed by atoms with Crippen LogP contribution in [-0.4, -0.2) is 35.3 Å². The lowest BCUT2D eigenvalue weighted by Crippen LogP contribution is -2.48. The summed E-state index contributed by atoms with van der Waals surface area (Å²) in [6, 6.07) is 29.4. The van der Waals surface area contributed by atoms with Crippen LogP contribution < -0.4 is 9.64 Å². The normalized spacial score (nSPS) is 15.6. The average Bonchev–Trinajstić information content (AvgIpc) is 3.77. The van der Waals surface area contributed by atoms with Gasteiger partial charge in [0.2, 0.25) is 11.7 Å². The minimum atomic E-state index is -2.39. The number of carbonyl (C=O) groups excluding carboxylic acids is 3. The number of carbonyl (C=O) groups is 3. The molecule has 1 atom stereocenters. The summed E-state index contributed by atoms with van der Waals surface area (Å²) in [6.07, 6.45) is 5.96. The predicted molar refractivity (Wildman–Crippen MR) is 207 cm³/mol. The number of hydrogen-bond acceptors (Lipinski definition) is 5. The van der Waals surface area contributed by atoms with E-state index < -0.39 is 58.5 Å². The van der Waals surface area contributed by atoms with Gasteiger partial charge in [-0.1, -0.05) is 104 Å². The van der Waals surface area contributed by atoms with Crippen molar-refractivity contribution in [3.8, 4) is 5.75 Å². The minimum Gasteiger partial charge on any atom is -0.488 e. The first-order valence-electron chi connectivity index (χ1n) is 19.3. The Balaban J connectivity index is 1.24. The van der Waals surface area contributed by atoms with Crippen molar-refractivity contribution in [1.29, 1.82) is 0 Å². The van der Waals surface area contributed by atoms with Gasteiger partial charge < -0.3 is 19.3 Å². The first-order chi connectivity index (χ1) is 28.1. The van der Waals surface area contributed by atoms with Gasteiger partial charge in [0.25, 0.3) is 5.91 Å². The molecule has 300 valence electrons. The monoisotopic (exact) mass is 796 g/mol. The molecular weight excluding hydrogens is 756 g/mol. The smallest absolute Gasteiger partial charge is 0.342 e. The number of nitrogens with zero attached hydrogens (tertiary/aromatic N) is 2. The lowest BCUT2D eigenvalue weighted by molar-refractivity contribution is -0.122. The fraction of sp³-hybridized carbons (Fsp3) is 0.283. The van der Waals surface area contributed by atoms with Gasteiger partial charge >= 0.3 is 5.97 Å². The molecule has 1 saturated heterocycles. The van der Waals surface area contributed by atoms with Crippen molar-refractivity contribution in [3.63, 3.8) is 0 Å². The quantitative estimate of drug-likeness (QED) is 0.0544. The van der Waals surface area contributed by atoms with Crippen LogP contribution in [0.5, 0.6) is 5.75 Å². The molecule has 0 bridgehead atoms. The second-order valence-electron chi connectivity index (χ2n) is 14.6. The summed E-state index contributed by atoms with van der Waals surface area (Å²) < 4.78 is 84.0. The molecule has 2 fully saturated rings. The van der Waals surface area contributed by atoms with Crippen LogP contribution in [0.15, 0.2) is 103 Å². The highest BCUT2D eigenvalue weighted by atomic mass is 19.2. The molecule has 5 aromatic rings. The number of likely N-dealkylation sites (tertiary alicyclic amines) is 1. The van der Waals surface area contributed by atoms with Crippen LogP contribution in [0, 0.1) is 29.1 Å². The van der Waals surface area contributed by atoms with E-state index in [1.807, 2.05) is 84.9 Å². The Kier molecular flexibility index (Phi) is 12.5. The number of amides is 2. The first-order valence-corrected chi connectivity index (χ1v) is 19.3. The maximum Gasteiger partial charge on any atom is 0.342 e. The largest absolute Gasteiger partial charge is 0.488 e. The summed E-state index contributed by atoms with van der Waals surface area (Å²) in [7, 11) is 0. The van der Waals surface area contributed by atoms with Crippen LogP contribution in [0.1, 0.15) is 93.8 Å². The summed E-state index contributed by atoms with van der Waals surface area (Å²) in [6.45, 7) is -0.140. The molecule has 7 rings (SSSR count). The van der Waals surface area contributed by atoms with Gasteiger partial charge in [0.1, 0.15) is 36.1 Å². The molecule has 2 amide bonds. The molecule has 0 radical (unpaired) electrons. The van der Waals surface area contributed by atoms with Crippen LogP contribution in [0.3, 0.4) is 0 Å². The van der Waals surface area contributed by atoms with E-state index in [0.717, 1.165) is 47.3 Å². The number of benzene rings is 5. The van der Waals surface area contributed by atoms with Gasteiger partial charge in [-0.05, 0) is 66.0 Å². The molecule has 1 aliphatic heterocycles. The molecular formula is C46H41F5N2O5. The molecule has 2 aliphatic rings. The number of rotatable bonds is 12. The van der Waals surface area contributed by atoms with E-state index in [9.17, 15) is 36.3 Å². The Morgan fingerprint density at radius 1 is 0.638 bits per heavy atom. The van der Waals surface area contributed by atoms with Crippen molar-refractivity contribution in [2.45, 2.75) is 76.7 Å². The van der Waals surface area contributed by atoms with Crippen LogP contribution in [0.25, 0.3) is 0 Å². The van der Waals surface area contributed by atoms with Crippen molar-refractivity contribution in [3.05, 3.63) is 166 Å². The predicted octanol–water partition coefficient (Wildman–Crippen LogP) is 10.2. The third kappa shape index (κ3) is 8.75. The van der Waals surface area contributed by atoms with Gasteiger partial charge in [-0.2, -0.15) is 0 Å². The summed E-state index contributed by atoms with van der Waals surface area (Å²) >= 11 is 0. The lowest BCUT2D eigenvalue weighted by atomic mass is 9.84. The maximum atomic E-state index is 14.9. The summed E-state index contributed by atoms with van der Waals surface area (Å²) in [5.74, 6) is -13.8. The third-order valence-corrected chi connectivity index (χ3v) is 10.8. The Morgan fingerprint density at radius 2 is 1.24 bits per heavy atom. The molecule has 1 saturated carbocycles. The van der Waals surface area contributed by atoms with Crippen LogP contribution >= 0.6 is 0 Å². The highest BCUT2D eigenvalue weighted by Crippen LogP contribution is 2.35. The number of esters is 1. The zero-order chi connectivity index (χ0) is 40.8. The molecule has 58 heavy (non-hydrogen) atoms.